The number of benzene rings is 2. The minimum Gasteiger partial charge on any atom is -0.484 e. The topological polar surface area (TPSA) is 84.5 Å². The second-order valence-corrected chi connectivity index (χ2v) is 7.53. The van der Waals surface area contributed by atoms with Crippen LogP contribution in [0.3, 0.4) is 0 Å². The number of rotatable bonds is 6. The Bertz CT molecular complexity index is 949. The smallest absolute Gasteiger partial charge is 0.422 e. The highest BCUT2D eigenvalue weighted by molar-refractivity contribution is 7.89. The molecule has 0 spiro atoms. The van der Waals surface area contributed by atoms with E-state index in [2.05, 4.69) is 14.8 Å². The van der Waals surface area contributed by atoms with Crippen LogP contribution < -0.4 is 14.8 Å². The van der Waals surface area contributed by atoms with E-state index < -0.39 is 28.7 Å². The molecule has 0 fully saturated rings. The Morgan fingerprint density at radius 1 is 1.19 bits per heavy atom. The molecule has 27 heavy (non-hydrogen) atoms. The first-order chi connectivity index (χ1) is 12.5. The largest absolute Gasteiger partial charge is 0.484 e. The standard InChI is InChI=1S/C16H14ClF3N2O4S/c1-21-27(24,25)12-5-6-14(17)13(8-12)15(23)22-10-3-2-4-11(7-10)26-9-16(18,19)20/h2-8,21H,9H2,1H3,(H,22,23). The van der Waals surface area contributed by atoms with E-state index in [0.717, 1.165) is 6.07 Å². The monoisotopic (exact) mass is 422 g/mol. The quantitative estimate of drug-likeness (QED) is 0.746. The van der Waals surface area contributed by atoms with E-state index in [4.69, 9.17) is 11.6 Å². The summed E-state index contributed by atoms with van der Waals surface area (Å²) in [6, 6.07) is 8.90. The van der Waals surface area contributed by atoms with Gasteiger partial charge in [0.15, 0.2) is 6.61 Å². The molecule has 0 aliphatic heterocycles. The first kappa shape index (κ1) is 21.0. The van der Waals surface area contributed by atoms with Gasteiger partial charge in [0.1, 0.15) is 5.75 Å². The number of anilines is 1. The molecule has 2 rings (SSSR count). The Morgan fingerprint density at radius 3 is 2.52 bits per heavy atom. The molecule has 6 nitrogen and oxygen atoms in total. The van der Waals surface area contributed by atoms with Crippen LogP contribution in [-0.4, -0.2) is 34.2 Å². The number of amides is 1. The maximum Gasteiger partial charge on any atom is 0.422 e. The van der Waals surface area contributed by atoms with Crippen LogP contribution in [0.4, 0.5) is 18.9 Å². The summed E-state index contributed by atoms with van der Waals surface area (Å²) in [5.41, 5.74) is 0.0345. The molecule has 0 aliphatic rings. The van der Waals surface area contributed by atoms with Gasteiger partial charge in [-0.15, -0.1) is 0 Å². The van der Waals surface area contributed by atoms with Crippen LogP contribution in [0.5, 0.6) is 5.75 Å². The van der Waals surface area contributed by atoms with Gasteiger partial charge in [0.2, 0.25) is 10.0 Å². The molecule has 0 radical (unpaired) electrons. The number of nitrogens with one attached hydrogen (secondary N) is 2. The molecule has 0 atom stereocenters. The summed E-state index contributed by atoms with van der Waals surface area (Å²) in [6.07, 6.45) is -4.49. The fraction of sp³-hybridized carbons (Fsp3) is 0.188. The van der Waals surface area contributed by atoms with Crippen molar-refractivity contribution in [2.24, 2.45) is 0 Å². The number of carbonyl (C=O) groups is 1. The number of halogens is 4. The second kappa shape index (κ2) is 8.15. The van der Waals surface area contributed by atoms with E-state index in [1.165, 1.54) is 43.4 Å². The lowest BCUT2D eigenvalue weighted by Gasteiger charge is -2.12. The zero-order valence-electron chi connectivity index (χ0n) is 13.8. The first-order valence-corrected chi connectivity index (χ1v) is 9.22. The number of alkyl halides is 3. The summed E-state index contributed by atoms with van der Waals surface area (Å²) in [6.45, 7) is -1.47. The predicted octanol–water partition coefficient (Wildman–Crippen LogP) is 3.44. The molecule has 1 amide bonds. The fourth-order valence-electron chi connectivity index (χ4n) is 1.99. The molecule has 2 aromatic carbocycles. The lowest BCUT2D eigenvalue weighted by molar-refractivity contribution is -0.153. The van der Waals surface area contributed by atoms with Crippen molar-refractivity contribution in [3.63, 3.8) is 0 Å². The van der Waals surface area contributed by atoms with Crippen LogP contribution in [0.15, 0.2) is 47.4 Å². The molecular weight excluding hydrogens is 409 g/mol. The van der Waals surface area contributed by atoms with Gasteiger partial charge in [0.05, 0.1) is 15.5 Å². The maximum atomic E-state index is 12.4. The van der Waals surface area contributed by atoms with Crippen LogP contribution in [-0.2, 0) is 10.0 Å². The van der Waals surface area contributed by atoms with E-state index in [9.17, 15) is 26.4 Å². The van der Waals surface area contributed by atoms with Gasteiger partial charge in [-0.2, -0.15) is 13.2 Å². The Morgan fingerprint density at radius 2 is 1.89 bits per heavy atom. The molecule has 0 aromatic heterocycles. The molecule has 146 valence electrons. The number of carbonyl (C=O) groups excluding carboxylic acids is 1. The van der Waals surface area contributed by atoms with Crippen molar-refractivity contribution in [1.82, 2.24) is 4.72 Å². The number of sulfonamides is 1. The molecule has 2 N–H and O–H groups in total. The molecule has 2 aromatic rings. The summed E-state index contributed by atoms with van der Waals surface area (Å²) in [5, 5.41) is 2.44. The van der Waals surface area contributed by atoms with Crippen molar-refractivity contribution >= 4 is 33.2 Å². The lowest BCUT2D eigenvalue weighted by Crippen LogP contribution is -2.20. The van der Waals surface area contributed by atoms with Gasteiger partial charge in [-0.1, -0.05) is 17.7 Å². The Kier molecular flexibility index (Phi) is 6.34. The van der Waals surface area contributed by atoms with E-state index in [1.807, 2.05) is 0 Å². The Balaban J connectivity index is 2.21. The van der Waals surface area contributed by atoms with E-state index in [1.54, 1.807) is 0 Å². The highest BCUT2D eigenvalue weighted by atomic mass is 35.5. The highest BCUT2D eigenvalue weighted by Gasteiger charge is 2.28. The van der Waals surface area contributed by atoms with Gasteiger partial charge in [0.25, 0.3) is 5.91 Å². The van der Waals surface area contributed by atoms with Crippen LogP contribution in [0, 0.1) is 0 Å². The number of hydrogen-bond acceptors (Lipinski definition) is 4. The molecule has 0 aliphatic carbocycles. The molecule has 0 saturated carbocycles. The molecule has 0 bridgehead atoms. The van der Waals surface area contributed by atoms with E-state index in [-0.39, 0.29) is 26.9 Å². The SMILES string of the molecule is CNS(=O)(=O)c1ccc(Cl)c(C(=O)Nc2cccc(OCC(F)(F)F)c2)c1. The second-order valence-electron chi connectivity index (χ2n) is 5.24. The van der Waals surface area contributed by atoms with Gasteiger partial charge >= 0.3 is 6.18 Å². The number of hydrogen-bond donors (Lipinski definition) is 2. The number of ether oxygens (including phenoxy) is 1. The van der Waals surface area contributed by atoms with E-state index in [0.29, 0.717) is 0 Å². The zero-order valence-corrected chi connectivity index (χ0v) is 15.4. The maximum absolute atomic E-state index is 12.4. The van der Waals surface area contributed by atoms with E-state index >= 15 is 0 Å². The van der Waals surface area contributed by atoms with Crippen LogP contribution in [0.2, 0.25) is 5.02 Å². The van der Waals surface area contributed by atoms with Crippen LogP contribution >= 0.6 is 11.6 Å². The van der Waals surface area contributed by atoms with Gasteiger partial charge in [-0.25, -0.2) is 13.1 Å². The van der Waals surface area contributed by atoms with Crippen molar-refractivity contribution in [3.05, 3.63) is 53.1 Å². The lowest BCUT2D eigenvalue weighted by atomic mass is 10.2. The van der Waals surface area contributed by atoms with Gasteiger partial charge in [0, 0.05) is 11.8 Å². The third-order valence-electron chi connectivity index (χ3n) is 3.26. The van der Waals surface area contributed by atoms with Gasteiger partial charge < -0.3 is 10.1 Å². The highest BCUT2D eigenvalue weighted by Crippen LogP contribution is 2.24. The third-order valence-corrected chi connectivity index (χ3v) is 5.00. The minimum atomic E-state index is -4.49. The average Bonchev–Trinajstić information content (AvgIpc) is 2.60. The molecule has 0 heterocycles. The van der Waals surface area contributed by atoms with Crippen molar-refractivity contribution in [1.29, 1.82) is 0 Å². The zero-order chi connectivity index (χ0) is 20.2. The summed E-state index contributed by atoms with van der Waals surface area (Å²) in [7, 11) is -2.57. The van der Waals surface area contributed by atoms with Crippen molar-refractivity contribution < 1.29 is 31.1 Å². The Labute approximate surface area is 158 Å². The van der Waals surface area contributed by atoms with Crippen molar-refractivity contribution in [2.75, 3.05) is 19.0 Å². The Hall–Kier alpha value is -2.30. The van der Waals surface area contributed by atoms with Crippen molar-refractivity contribution in [3.8, 4) is 5.75 Å². The fourth-order valence-corrected chi connectivity index (χ4v) is 2.95. The summed E-state index contributed by atoms with van der Waals surface area (Å²) in [4.78, 5) is 12.2. The molecular formula is C16H14ClF3N2O4S. The van der Waals surface area contributed by atoms with Crippen LogP contribution in [0.25, 0.3) is 0 Å². The summed E-state index contributed by atoms with van der Waals surface area (Å²) < 4.78 is 67.1. The normalized spacial score (nSPS) is 11.9. The predicted molar refractivity (Wildman–Crippen MR) is 93.6 cm³/mol. The first-order valence-electron chi connectivity index (χ1n) is 7.36. The van der Waals surface area contributed by atoms with Gasteiger partial charge in [-0.3, -0.25) is 4.79 Å². The van der Waals surface area contributed by atoms with Gasteiger partial charge in [-0.05, 0) is 37.4 Å². The third kappa shape index (κ3) is 5.84. The molecule has 11 heteroatoms. The molecule has 0 unspecified atom stereocenters. The van der Waals surface area contributed by atoms with Crippen LogP contribution in [0.1, 0.15) is 10.4 Å². The summed E-state index contributed by atoms with van der Waals surface area (Å²) in [5.74, 6) is -0.830. The summed E-state index contributed by atoms with van der Waals surface area (Å²) >= 11 is 5.96. The van der Waals surface area contributed by atoms with Crippen molar-refractivity contribution in [2.45, 2.75) is 11.1 Å². The minimum absolute atomic E-state index is 0.00651. The average molecular weight is 423 g/mol. The molecule has 0 saturated heterocycles.